The van der Waals surface area contributed by atoms with Crippen molar-refractivity contribution < 1.29 is 13.5 Å². The Balaban J connectivity index is 2.33. The van der Waals surface area contributed by atoms with Gasteiger partial charge >= 0.3 is 4.87 Å². The first-order valence-corrected chi connectivity index (χ1v) is 8.45. The summed E-state index contributed by atoms with van der Waals surface area (Å²) >= 11 is 0.692. The highest BCUT2D eigenvalue weighted by atomic mass is 32.2. The molecule has 6 nitrogen and oxygen atoms in total. The predicted molar refractivity (Wildman–Crippen MR) is 72.9 cm³/mol. The fourth-order valence-corrected chi connectivity index (χ4v) is 5.34. The summed E-state index contributed by atoms with van der Waals surface area (Å²) in [5, 5.41) is 9.95. The molecule has 2 N–H and O–H groups in total. The SMILES string of the molecule is Cc1[nH]c(=O)sc1S(=O)(=O)N(C)C1CCCCC1O. The molecule has 1 aliphatic rings. The molecule has 2 unspecified atom stereocenters. The summed E-state index contributed by atoms with van der Waals surface area (Å²) in [7, 11) is -2.25. The van der Waals surface area contributed by atoms with Crippen LogP contribution in [-0.4, -0.2) is 42.0 Å². The number of hydrogen-bond donors (Lipinski definition) is 2. The number of aryl methyl sites for hydroxylation is 1. The lowest BCUT2D eigenvalue weighted by Gasteiger charge is -2.34. The maximum absolute atomic E-state index is 12.5. The fourth-order valence-electron chi connectivity index (χ4n) is 2.46. The second kappa shape index (κ2) is 5.35. The Labute approximate surface area is 116 Å². The molecule has 0 aliphatic heterocycles. The van der Waals surface area contributed by atoms with Crippen molar-refractivity contribution in [3.05, 3.63) is 15.4 Å². The first kappa shape index (κ1) is 14.7. The van der Waals surface area contributed by atoms with Gasteiger partial charge in [0.25, 0.3) is 10.0 Å². The van der Waals surface area contributed by atoms with Gasteiger partial charge in [0.1, 0.15) is 0 Å². The second-order valence-electron chi connectivity index (χ2n) is 4.87. The summed E-state index contributed by atoms with van der Waals surface area (Å²) in [6.07, 6.45) is 2.46. The minimum absolute atomic E-state index is 0.0396. The summed E-state index contributed by atoms with van der Waals surface area (Å²) < 4.78 is 26.2. The van der Waals surface area contributed by atoms with E-state index in [1.165, 1.54) is 11.4 Å². The maximum atomic E-state index is 12.5. The third-order valence-electron chi connectivity index (χ3n) is 3.56. The Morgan fingerprint density at radius 1 is 1.37 bits per heavy atom. The molecule has 2 rings (SSSR count). The van der Waals surface area contributed by atoms with E-state index >= 15 is 0 Å². The average molecular weight is 306 g/mol. The van der Waals surface area contributed by atoms with E-state index in [1.54, 1.807) is 6.92 Å². The number of aromatic amines is 1. The van der Waals surface area contributed by atoms with Gasteiger partial charge in [-0.2, -0.15) is 4.31 Å². The Hall–Kier alpha value is -0.700. The van der Waals surface area contributed by atoms with Crippen molar-refractivity contribution in [2.45, 2.75) is 49.0 Å². The van der Waals surface area contributed by atoms with E-state index in [1.807, 2.05) is 0 Å². The van der Waals surface area contributed by atoms with Gasteiger partial charge in [-0.05, 0) is 19.8 Å². The molecule has 1 heterocycles. The molecule has 0 spiro atoms. The van der Waals surface area contributed by atoms with Crippen LogP contribution in [0.3, 0.4) is 0 Å². The molecule has 0 radical (unpaired) electrons. The Morgan fingerprint density at radius 3 is 2.53 bits per heavy atom. The number of rotatable bonds is 3. The number of thiazole rings is 1. The summed E-state index contributed by atoms with van der Waals surface area (Å²) in [6.45, 7) is 1.57. The molecule has 1 fully saturated rings. The standard InChI is InChI=1S/C11H18N2O4S2/c1-7-10(18-11(15)12-7)19(16,17)13(2)8-5-3-4-6-9(8)14/h8-9,14H,3-6H2,1-2H3,(H,12,15). The lowest BCUT2D eigenvalue weighted by Crippen LogP contribution is -2.46. The van der Waals surface area contributed by atoms with E-state index in [9.17, 15) is 18.3 Å². The van der Waals surface area contributed by atoms with Crippen LogP contribution in [0.1, 0.15) is 31.4 Å². The van der Waals surface area contributed by atoms with Gasteiger partial charge in [-0.1, -0.05) is 24.2 Å². The van der Waals surface area contributed by atoms with Gasteiger partial charge in [0, 0.05) is 12.7 Å². The van der Waals surface area contributed by atoms with Crippen LogP contribution in [0.5, 0.6) is 0 Å². The van der Waals surface area contributed by atoms with Crippen molar-refractivity contribution in [2.75, 3.05) is 7.05 Å². The lowest BCUT2D eigenvalue weighted by atomic mass is 9.93. The number of aliphatic hydroxyl groups excluding tert-OH is 1. The van der Waals surface area contributed by atoms with Crippen molar-refractivity contribution in [2.24, 2.45) is 0 Å². The summed E-state index contributed by atoms with van der Waals surface area (Å²) in [5.41, 5.74) is 0.354. The second-order valence-corrected chi connectivity index (χ2v) is 8.04. The van der Waals surface area contributed by atoms with Crippen LogP contribution >= 0.6 is 11.3 Å². The minimum atomic E-state index is -3.72. The molecule has 8 heteroatoms. The number of sulfonamides is 1. The number of likely N-dealkylation sites (N-methyl/N-ethyl adjacent to an activating group) is 1. The topological polar surface area (TPSA) is 90.5 Å². The molecular weight excluding hydrogens is 288 g/mol. The molecule has 108 valence electrons. The van der Waals surface area contributed by atoms with E-state index in [4.69, 9.17) is 0 Å². The first-order valence-electron chi connectivity index (χ1n) is 6.20. The maximum Gasteiger partial charge on any atom is 0.305 e. The summed E-state index contributed by atoms with van der Waals surface area (Å²) in [4.78, 5) is 13.3. The minimum Gasteiger partial charge on any atom is -0.391 e. The lowest BCUT2D eigenvalue weighted by molar-refractivity contribution is 0.0638. The molecule has 0 aromatic carbocycles. The highest BCUT2D eigenvalue weighted by Gasteiger charge is 2.35. The van der Waals surface area contributed by atoms with Crippen LogP contribution in [-0.2, 0) is 10.0 Å². The third-order valence-corrected chi connectivity index (χ3v) is 7.02. The highest BCUT2D eigenvalue weighted by Crippen LogP contribution is 2.28. The van der Waals surface area contributed by atoms with Crippen LogP contribution in [0.15, 0.2) is 9.00 Å². The summed E-state index contributed by atoms with van der Waals surface area (Å²) in [5.74, 6) is 0. The number of aromatic nitrogens is 1. The normalized spacial score (nSPS) is 24.8. The van der Waals surface area contributed by atoms with E-state index in [-0.39, 0.29) is 9.08 Å². The largest absolute Gasteiger partial charge is 0.391 e. The molecule has 1 aromatic rings. The van der Waals surface area contributed by atoms with Gasteiger partial charge in [-0.15, -0.1) is 0 Å². The summed E-state index contributed by atoms with van der Waals surface area (Å²) in [6, 6.07) is -0.407. The Kier molecular flexibility index (Phi) is 4.14. The molecule has 1 saturated carbocycles. The van der Waals surface area contributed by atoms with Gasteiger partial charge in [0.05, 0.1) is 12.1 Å². The van der Waals surface area contributed by atoms with Crippen LogP contribution in [0, 0.1) is 6.92 Å². The molecule has 0 saturated heterocycles. The smallest absolute Gasteiger partial charge is 0.305 e. The zero-order chi connectivity index (χ0) is 14.2. The monoisotopic (exact) mass is 306 g/mol. The highest BCUT2D eigenvalue weighted by molar-refractivity contribution is 7.91. The van der Waals surface area contributed by atoms with Crippen molar-refractivity contribution >= 4 is 21.4 Å². The number of nitrogens with one attached hydrogen (secondary N) is 1. The molecular formula is C11H18N2O4S2. The first-order chi connectivity index (χ1) is 8.84. The van der Waals surface area contributed by atoms with Crippen LogP contribution < -0.4 is 4.87 Å². The van der Waals surface area contributed by atoms with Gasteiger partial charge < -0.3 is 10.1 Å². The Morgan fingerprint density at radius 2 is 2.00 bits per heavy atom. The average Bonchev–Trinajstić information content (AvgIpc) is 2.69. The number of hydrogen-bond acceptors (Lipinski definition) is 5. The molecule has 19 heavy (non-hydrogen) atoms. The van der Waals surface area contributed by atoms with Crippen LogP contribution in [0.4, 0.5) is 0 Å². The van der Waals surface area contributed by atoms with E-state index in [0.717, 1.165) is 12.8 Å². The molecule has 2 atom stereocenters. The fraction of sp³-hybridized carbons (Fsp3) is 0.727. The molecule has 1 aliphatic carbocycles. The van der Waals surface area contributed by atoms with Crippen molar-refractivity contribution in [3.63, 3.8) is 0 Å². The molecule has 1 aromatic heterocycles. The van der Waals surface area contributed by atoms with E-state index < -0.39 is 22.2 Å². The molecule has 0 bridgehead atoms. The predicted octanol–water partition coefficient (Wildman–Crippen LogP) is 0.669. The Bertz CT molecular complexity index is 604. The third kappa shape index (κ3) is 2.76. The van der Waals surface area contributed by atoms with E-state index in [2.05, 4.69) is 4.98 Å². The van der Waals surface area contributed by atoms with Crippen LogP contribution in [0.2, 0.25) is 0 Å². The zero-order valence-electron chi connectivity index (χ0n) is 10.9. The number of H-pyrrole nitrogens is 1. The van der Waals surface area contributed by atoms with Gasteiger partial charge in [0.15, 0.2) is 4.21 Å². The quantitative estimate of drug-likeness (QED) is 0.858. The number of aliphatic hydroxyl groups is 1. The van der Waals surface area contributed by atoms with Crippen molar-refractivity contribution in [1.82, 2.24) is 9.29 Å². The van der Waals surface area contributed by atoms with Gasteiger partial charge in [0.2, 0.25) is 0 Å². The number of nitrogens with zero attached hydrogens (tertiary/aromatic N) is 1. The van der Waals surface area contributed by atoms with Gasteiger partial charge in [-0.3, -0.25) is 4.79 Å². The van der Waals surface area contributed by atoms with E-state index in [0.29, 0.717) is 29.9 Å². The van der Waals surface area contributed by atoms with Crippen molar-refractivity contribution in [1.29, 1.82) is 0 Å². The van der Waals surface area contributed by atoms with Crippen molar-refractivity contribution in [3.8, 4) is 0 Å². The molecule has 0 amide bonds. The van der Waals surface area contributed by atoms with Crippen LogP contribution in [0.25, 0.3) is 0 Å². The zero-order valence-corrected chi connectivity index (χ0v) is 12.6. The van der Waals surface area contributed by atoms with Gasteiger partial charge in [-0.25, -0.2) is 8.42 Å².